The molecule has 1 saturated heterocycles. The second-order valence-electron chi connectivity index (χ2n) is 6.31. The molecule has 29 heavy (non-hydrogen) atoms. The molecule has 0 aromatic carbocycles. The van der Waals surface area contributed by atoms with Gasteiger partial charge in [0.25, 0.3) is 0 Å². The Labute approximate surface area is 163 Å². The fraction of sp³-hybridized carbons (Fsp3) is 0.400. The monoisotopic (exact) mass is 427 g/mol. The van der Waals surface area contributed by atoms with Gasteiger partial charge in [-0.15, -0.1) is 0 Å². The summed E-state index contributed by atoms with van der Waals surface area (Å²) in [6.45, 7) is -0.231. The van der Waals surface area contributed by atoms with Crippen molar-refractivity contribution in [2.75, 3.05) is 11.9 Å². The number of nitrogens with one attached hydrogen (secondary N) is 1. The summed E-state index contributed by atoms with van der Waals surface area (Å²) in [4.78, 5) is 30.2. The van der Waals surface area contributed by atoms with Gasteiger partial charge in [-0.05, 0) is 12.1 Å². The minimum absolute atomic E-state index is 0.328. The summed E-state index contributed by atoms with van der Waals surface area (Å²) >= 11 is 0. The molecule has 4 atom stereocenters. The number of hydrogen-bond donors (Lipinski definition) is 5. The number of ether oxygens (including phenoxy) is 1. The Morgan fingerprint density at radius 3 is 2.79 bits per heavy atom. The molecular weight excluding hydrogens is 409 g/mol. The second kappa shape index (κ2) is 7.80. The number of hydrogen-bond acceptors (Lipinski definition) is 10. The largest absolute Gasteiger partial charge is 0.469 e. The van der Waals surface area contributed by atoms with E-state index in [1.807, 2.05) is 0 Å². The lowest BCUT2D eigenvalue weighted by molar-refractivity contribution is -0.0504. The number of anilines is 1. The third-order valence-electron chi connectivity index (χ3n) is 4.39. The van der Waals surface area contributed by atoms with Gasteiger partial charge in [-0.25, -0.2) is 19.5 Å². The number of nitrogens with zero attached hydrogens (tertiary/aromatic N) is 4. The normalized spacial score (nSPS) is 25.0. The van der Waals surface area contributed by atoms with Crippen LogP contribution in [-0.2, 0) is 20.4 Å². The Balaban J connectivity index is 1.54. The number of imidazole rings is 1. The van der Waals surface area contributed by atoms with Crippen LogP contribution in [0.5, 0.6) is 0 Å². The molecular formula is C15H18N5O8P. The van der Waals surface area contributed by atoms with Gasteiger partial charge in [0.1, 0.15) is 30.4 Å². The molecule has 4 rings (SSSR count). The van der Waals surface area contributed by atoms with E-state index in [1.165, 1.54) is 17.2 Å². The average molecular weight is 427 g/mol. The van der Waals surface area contributed by atoms with Crippen LogP contribution in [0.15, 0.2) is 35.5 Å². The van der Waals surface area contributed by atoms with Crippen LogP contribution in [0.1, 0.15) is 12.0 Å². The third kappa shape index (κ3) is 4.16. The highest BCUT2D eigenvalue weighted by molar-refractivity contribution is 7.46. The molecule has 1 aliphatic rings. The molecule has 1 fully saturated rings. The highest BCUT2D eigenvalue weighted by Gasteiger charge is 2.45. The summed E-state index contributed by atoms with van der Waals surface area (Å²) in [5.41, 5.74) is 0.731. The first-order chi connectivity index (χ1) is 13.8. The number of phosphoric ester groups is 1. The van der Waals surface area contributed by atoms with Crippen molar-refractivity contribution in [3.05, 3.63) is 36.8 Å². The molecule has 0 amide bonds. The van der Waals surface area contributed by atoms with Crippen molar-refractivity contribution < 1.29 is 38.2 Å². The van der Waals surface area contributed by atoms with Gasteiger partial charge in [0, 0.05) is 0 Å². The lowest BCUT2D eigenvalue weighted by Crippen LogP contribution is -2.33. The average Bonchev–Trinajstić information content (AvgIpc) is 3.39. The number of aliphatic hydroxyl groups excluding tert-OH is 2. The minimum atomic E-state index is -4.75. The lowest BCUT2D eigenvalue weighted by Gasteiger charge is -2.16. The molecule has 0 saturated carbocycles. The molecule has 0 radical (unpaired) electrons. The number of aromatic nitrogens is 4. The van der Waals surface area contributed by atoms with E-state index in [9.17, 15) is 14.8 Å². The summed E-state index contributed by atoms with van der Waals surface area (Å²) < 4.78 is 27.5. The predicted octanol–water partition coefficient (Wildman–Crippen LogP) is -0.240. The van der Waals surface area contributed by atoms with Gasteiger partial charge in [-0.3, -0.25) is 9.09 Å². The van der Waals surface area contributed by atoms with Crippen LogP contribution < -0.4 is 5.32 Å². The van der Waals surface area contributed by atoms with Crippen LogP contribution >= 0.6 is 7.82 Å². The minimum Gasteiger partial charge on any atom is -0.467 e. The lowest BCUT2D eigenvalue weighted by atomic mass is 10.1. The standard InChI is InChI=1S/C15H18N5O8P/c21-11-9(5-27-29(23,24)25)28-15(12(11)22)20-7-19-10-13(17-6-18-14(10)20)16-4-8-2-1-3-26-8/h1-3,6-7,9,11-12,15,21-22H,4-5H2,(H,16,17,18)(H2,23,24,25)/t9-,11-,12-,15-/m1/s1. The van der Waals surface area contributed by atoms with Crippen LogP contribution in [0.4, 0.5) is 5.82 Å². The first-order valence-electron chi connectivity index (χ1n) is 8.49. The Morgan fingerprint density at radius 1 is 1.24 bits per heavy atom. The molecule has 1 aliphatic heterocycles. The van der Waals surface area contributed by atoms with Crippen molar-refractivity contribution in [1.82, 2.24) is 19.5 Å². The topological polar surface area (TPSA) is 185 Å². The summed E-state index contributed by atoms with van der Waals surface area (Å²) in [6.07, 6.45) is -0.847. The first-order valence-corrected chi connectivity index (χ1v) is 10.0. The van der Waals surface area contributed by atoms with Gasteiger partial charge >= 0.3 is 7.82 Å². The summed E-state index contributed by atoms with van der Waals surface area (Å²) in [5.74, 6) is 1.13. The summed E-state index contributed by atoms with van der Waals surface area (Å²) in [7, 11) is -4.75. The van der Waals surface area contributed by atoms with Gasteiger partial charge in [0.15, 0.2) is 23.2 Å². The van der Waals surface area contributed by atoms with Crippen molar-refractivity contribution >= 4 is 24.8 Å². The van der Waals surface area contributed by atoms with Crippen molar-refractivity contribution in [2.45, 2.75) is 31.1 Å². The number of furan rings is 1. The van der Waals surface area contributed by atoms with Crippen LogP contribution in [0.25, 0.3) is 11.2 Å². The van der Waals surface area contributed by atoms with Gasteiger partial charge in [0.2, 0.25) is 0 Å². The van der Waals surface area contributed by atoms with Crippen molar-refractivity contribution in [3.8, 4) is 0 Å². The highest BCUT2D eigenvalue weighted by Crippen LogP contribution is 2.38. The van der Waals surface area contributed by atoms with E-state index in [0.717, 1.165) is 0 Å². The van der Waals surface area contributed by atoms with Gasteiger partial charge < -0.3 is 34.5 Å². The quantitative estimate of drug-likeness (QED) is 0.312. The number of rotatable bonds is 7. The van der Waals surface area contributed by atoms with E-state index in [-0.39, 0.29) is 0 Å². The Kier molecular flexibility index (Phi) is 5.36. The predicted molar refractivity (Wildman–Crippen MR) is 95.3 cm³/mol. The molecule has 0 unspecified atom stereocenters. The molecule has 4 heterocycles. The summed E-state index contributed by atoms with van der Waals surface area (Å²) in [5, 5.41) is 23.6. The number of phosphoric acid groups is 1. The molecule has 14 heteroatoms. The molecule has 3 aromatic rings. The SMILES string of the molecule is O=P(O)(O)OC[C@H]1O[C@@H](n2cnc3c(NCc4ccco4)ncnc32)[C@H](O)[C@@H]1O. The molecule has 0 spiro atoms. The third-order valence-corrected chi connectivity index (χ3v) is 4.87. The van der Waals surface area contributed by atoms with Crippen LogP contribution in [-0.4, -0.2) is 64.4 Å². The molecule has 3 aromatic heterocycles. The van der Waals surface area contributed by atoms with Crippen LogP contribution in [0.3, 0.4) is 0 Å². The Hall–Kier alpha value is -2.38. The fourth-order valence-corrected chi connectivity index (χ4v) is 3.36. The first kappa shape index (κ1) is 19.9. The highest BCUT2D eigenvalue weighted by atomic mass is 31.2. The maximum atomic E-state index is 10.9. The fourth-order valence-electron chi connectivity index (χ4n) is 3.02. The van der Waals surface area contributed by atoms with E-state index in [1.54, 1.807) is 18.4 Å². The zero-order valence-electron chi connectivity index (χ0n) is 14.8. The Bertz CT molecular complexity index is 1020. The van der Waals surface area contributed by atoms with Gasteiger partial charge in [-0.2, -0.15) is 0 Å². The van der Waals surface area contributed by atoms with E-state index in [4.69, 9.17) is 18.9 Å². The molecule has 156 valence electrons. The smallest absolute Gasteiger partial charge is 0.467 e. The van der Waals surface area contributed by atoms with E-state index in [0.29, 0.717) is 29.3 Å². The number of fused-ring (bicyclic) bond motifs is 1. The van der Waals surface area contributed by atoms with E-state index < -0.39 is 39.0 Å². The van der Waals surface area contributed by atoms with Crippen molar-refractivity contribution in [3.63, 3.8) is 0 Å². The van der Waals surface area contributed by atoms with Crippen LogP contribution in [0.2, 0.25) is 0 Å². The van der Waals surface area contributed by atoms with Crippen LogP contribution in [0, 0.1) is 0 Å². The van der Waals surface area contributed by atoms with Gasteiger partial charge in [-0.1, -0.05) is 0 Å². The zero-order valence-corrected chi connectivity index (χ0v) is 15.7. The Morgan fingerprint density at radius 2 is 2.07 bits per heavy atom. The zero-order chi connectivity index (χ0) is 20.6. The summed E-state index contributed by atoms with van der Waals surface area (Å²) in [6, 6.07) is 3.56. The molecule has 0 bridgehead atoms. The van der Waals surface area contributed by atoms with E-state index >= 15 is 0 Å². The van der Waals surface area contributed by atoms with Crippen molar-refractivity contribution in [1.29, 1.82) is 0 Å². The second-order valence-corrected chi connectivity index (χ2v) is 7.55. The molecule has 0 aliphatic carbocycles. The van der Waals surface area contributed by atoms with Crippen molar-refractivity contribution in [2.24, 2.45) is 0 Å². The maximum Gasteiger partial charge on any atom is 0.469 e. The number of aliphatic hydroxyl groups is 2. The maximum absolute atomic E-state index is 10.9. The molecule has 13 nitrogen and oxygen atoms in total. The van der Waals surface area contributed by atoms with Gasteiger partial charge in [0.05, 0.1) is 25.7 Å². The van der Waals surface area contributed by atoms with E-state index in [2.05, 4.69) is 24.8 Å². The molecule has 5 N–H and O–H groups in total.